The summed E-state index contributed by atoms with van der Waals surface area (Å²) in [5.41, 5.74) is 5.36. The Hall–Kier alpha value is -4.13. The van der Waals surface area contributed by atoms with Gasteiger partial charge in [-0.05, 0) is 47.2 Å². The fourth-order valence-corrected chi connectivity index (χ4v) is 4.30. The number of rotatable bonds is 8. The van der Waals surface area contributed by atoms with Crippen LogP contribution >= 0.6 is 0 Å². The molecule has 0 saturated heterocycles. The van der Waals surface area contributed by atoms with Gasteiger partial charge >= 0.3 is 12.1 Å². The first kappa shape index (κ1) is 23.0. The van der Waals surface area contributed by atoms with Crippen LogP contribution in [0.25, 0.3) is 11.1 Å². The van der Waals surface area contributed by atoms with E-state index in [0.717, 1.165) is 22.3 Å². The highest BCUT2D eigenvalue weighted by atomic mass is 16.5. The second kappa shape index (κ2) is 10.2. The summed E-state index contributed by atoms with van der Waals surface area (Å²) in [6.07, 6.45) is -0.299. The summed E-state index contributed by atoms with van der Waals surface area (Å²) >= 11 is 0. The fourth-order valence-electron chi connectivity index (χ4n) is 4.30. The molecule has 34 heavy (non-hydrogen) atoms. The van der Waals surface area contributed by atoms with Crippen LogP contribution in [0.5, 0.6) is 0 Å². The summed E-state index contributed by atoms with van der Waals surface area (Å²) in [6, 6.07) is 22.0. The van der Waals surface area contributed by atoms with Crippen molar-refractivity contribution in [3.63, 3.8) is 0 Å². The molecule has 1 atom stereocenters. The molecule has 1 aliphatic carbocycles. The number of carboxylic acid groups (broad SMARTS) is 1. The van der Waals surface area contributed by atoms with Gasteiger partial charge in [-0.25, -0.2) is 9.59 Å². The molecular weight excluding hydrogens is 432 g/mol. The first-order valence-corrected chi connectivity index (χ1v) is 11.2. The van der Waals surface area contributed by atoms with Gasteiger partial charge in [-0.2, -0.15) is 0 Å². The number of benzene rings is 3. The maximum Gasteiger partial charge on any atom is 0.407 e. The van der Waals surface area contributed by atoms with Gasteiger partial charge < -0.3 is 20.5 Å². The maximum absolute atomic E-state index is 12.4. The number of hydrogen-bond donors (Lipinski definition) is 3. The van der Waals surface area contributed by atoms with Crippen LogP contribution in [0, 0.1) is 0 Å². The van der Waals surface area contributed by atoms with Gasteiger partial charge in [0.1, 0.15) is 12.6 Å². The minimum atomic E-state index is -1.01. The molecule has 3 aromatic carbocycles. The van der Waals surface area contributed by atoms with Crippen LogP contribution in [0.3, 0.4) is 0 Å². The Labute approximate surface area is 197 Å². The third-order valence-electron chi connectivity index (χ3n) is 6.01. The molecule has 1 unspecified atom stereocenters. The summed E-state index contributed by atoms with van der Waals surface area (Å²) in [5, 5.41) is 14.5. The SMILES string of the molecule is CC(NC(=O)OCC1c2ccccc2-c2ccccc21)C(=O)NCCc1ccccc1C(=O)O. The fraction of sp³-hybridized carbons (Fsp3) is 0.222. The van der Waals surface area contributed by atoms with E-state index in [2.05, 4.69) is 22.8 Å². The summed E-state index contributed by atoms with van der Waals surface area (Å²) in [6.45, 7) is 1.99. The van der Waals surface area contributed by atoms with Gasteiger partial charge in [0, 0.05) is 12.5 Å². The number of aromatic carboxylic acids is 1. The van der Waals surface area contributed by atoms with Crippen LogP contribution in [0.4, 0.5) is 4.79 Å². The van der Waals surface area contributed by atoms with Crippen molar-refractivity contribution in [2.24, 2.45) is 0 Å². The van der Waals surface area contributed by atoms with Crippen molar-refractivity contribution in [2.75, 3.05) is 13.2 Å². The van der Waals surface area contributed by atoms with Crippen molar-refractivity contribution in [2.45, 2.75) is 25.3 Å². The van der Waals surface area contributed by atoms with Crippen LogP contribution in [0.2, 0.25) is 0 Å². The van der Waals surface area contributed by atoms with E-state index in [4.69, 9.17) is 4.74 Å². The number of carboxylic acids is 1. The van der Waals surface area contributed by atoms with Crippen molar-refractivity contribution in [1.82, 2.24) is 10.6 Å². The second-order valence-electron chi connectivity index (χ2n) is 8.19. The van der Waals surface area contributed by atoms with Crippen LogP contribution in [-0.2, 0) is 16.0 Å². The summed E-state index contributed by atoms with van der Waals surface area (Å²) in [5.74, 6) is -1.44. The highest BCUT2D eigenvalue weighted by molar-refractivity contribution is 5.89. The molecule has 0 radical (unpaired) electrons. The van der Waals surface area contributed by atoms with E-state index in [9.17, 15) is 19.5 Å². The number of ether oxygens (including phenoxy) is 1. The molecule has 0 aromatic heterocycles. The molecule has 3 N–H and O–H groups in total. The Kier molecular flexibility index (Phi) is 6.92. The van der Waals surface area contributed by atoms with Crippen LogP contribution in [0.15, 0.2) is 72.8 Å². The maximum atomic E-state index is 12.4. The van der Waals surface area contributed by atoms with Crippen molar-refractivity contribution < 1.29 is 24.2 Å². The van der Waals surface area contributed by atoms with Gasteiger partial charge in [-0.15, -0.1) is 0 Å². The minimum Gasteiger partial charge on any atom is -0.478 e. The normalized spacial score (nSPS) is 12.9. The zero-order valence-electron chi connectivity index (χ0n) is 18.8. The number of carbonyl (C=O) groups excluding carboxylic acids is 2. The number of alkyl carbamates (subject to hydrolysis) is 1. The molecule has 0 bridgehead atoms. The zero-order chi connectivity index (χ0) is 24.1. The van der Waals surface area contributed by atoms with Gasteiger partial charge in [0.15, 0.2) is 0 Å². The Balaban J connectivity index is 1.27. The summed E-state index contributed by atoms with van der Waals surface area (Å²) in [7, 11) is 0. The van der Waals surface area contributed by atoms with E-state index in [1.54, 1.807) is 25.1 Å². The van der Waals surface area contributed by atoms with Gasteiger partial charge in [0.25, 0.3) is 0 Å². The number of fused-ring (bicyclic) bond motifs is 3. The number of hydrogen-bond acceptors (Lipinski definition) is 4. The zero-order valence-corrected chi connectivity index (χ0v) is 18.8. The largest absolute Gasteiger partial charge is 0.478 e. The predicted octanol–water partition coefficient (Wildman–Crippen LogP) is 3.97. The van der Waals surface area contributed by atoms with Gasteiger partial charge in [-0.3, -0.25) is 4.79 Å². The first-order chi connectivity index (χ1) is 16.5. The molecule has 0 spiro atoms. The molecular formula is C27H26N2O5. The molecule has 174 valence electrons. The number of amides is 2. The van der Waals surface area contributed by atoms with Crippen molar-refractivity contribution in [3.05, 3.63) is 95.1 Å². The Morgan fingerprint density at radius 3 is 2.15 bits per heavy atom. The molecule has 7 nitrogen and oxygen atoms in total. The van der Waals surface area contributed by atoms with E-state index in [-0.39, 0.29) is 30.5 Å². The summed E-state index contributed by atoms with van der Waals surface area (Å²) < 4.78 is 5.48. The van der Waals surface area contributed by atoms with Gasteiger partial charge in [-0.1, -0.05) is 66.7 Å². The predicted molar refractivity (Wildman–Crippen MR) is 128 cm³/mol. The van der Waals surface area contributed by atoms with Gasteiger partial charge in [0.2, 0.25) is 5.91 Å². The number of carbonyl (C=O) groups is 3. The third-order valence-corrected chi connectivity index (χ3v) is 6.01. The third kappa shape index (κ3) is 4.93. The molecule has 1 aliphatic rings. The van der Waals surface area contributed by atoms with Crippen LogP contribution in [-0.4, -0.2) is 42.3 Å². The van der Waals surface area contributed by atoms with E-state index in [1.165, 1.54) is 6.07 Å². The monoisotopic (exact) mass is 458 g/mol. The number of nitrogens with one attached hydrogen (secondary N) is 2. The van der Waals surface area contributed by atoms with Crippen LogP contribution in [0.1, 0.15) is 39.9 Å². The van der Waals surface area contributed by atoms with E-state index in [0.29, 0.717) is 12.0 Å². The molecule has 0 aliphatic heterocycles. The Morgan fingerprint density at radius 2 is 1.50 bits per heavy atom. The van der Waals surface area contributed by atoms with E-state index >= 15 is 0 Å². The van der Waals surface area contributed by atoms with Gasteiger partial charge in [0.05, 0.1) is 5.56 Å². The quantitative estimate of drug-likeness (QED) is 0.474. The van der Waals surface area contributed by atoms with Crippen molar-refractivity contribution in [1.29, 1.82) is 0 Å². The smallest absolute Gasteiger partial charge is 0.407 e. The molecule has 0 heterocycles. The topological polar surface area (TPSA) is 105 Å². The van der Waals surface area contributed by atoms with Crippen LogP contribution < -0.4 is 10.6 Å². The summed E-state index contributed by atoms with van der Waals surface area (Å²) in [4.78, 5) is 36.0. The highest BCUT2D eigenvalue weighted by Gasteiger charge is 2.29. The Morgan fingerprint density at radius 1 is 0.912 bits per heavy atom. The molecule has 0 fully saturated rings. The lowest BCUT2D eigenvalue weighted by atomic mass is 9.98. The van der Waals surface area contributed by atoms with Crippen molar-refractivity contribution >= 4 is 18.0 Å². The average molecular weight is 459 g/mol. The lowest BCUT2D eigenvalue weighted by molar-refractivity contribution is -0.122. The second-order valence-corrected chi connectivity index (χ2v) is 8.19. The minimum absolute atomic E-state index is 0.0587. The molecule has 7 heteroatoms. The van der Waals surface area contributed by atoms with E-state index < -0.39 is 18.1 Å². The lowest BCUT2D eigenvalue weighted by Crippen LogP contribution is -2.45. The molecule has 2 amide bonds. The first-order valence-electron chi connectivity index (χ1n) is 11.2. The van der Waals surface area contributed by atoms with E-state index in [1.807, 2.05) is 36.4 Å². The molecule has 3 aromatic rings. The highest BCUT2D eigenvalue weighted by Crippen LogP contribution is 2.44. The standard InChI is InChI=1S/C27H26N2O5/c1-17(25(30)28-15-14-18-8-2-3-9-19(18)26(31)32)29-27(33)34-16-24-22-12-6-4-10-20(22)21-11-5-7-13-23(21)24/h2-13,17,24H,14-16H2,1H3,(H,28,30)(H,29,33)(H,31,32). The van der Waals surface area contributed by atoms with Crippen molar-refractivity contribution in [3.8, 4) is 11.1 Å². The molecule has 0 saturated carbocycles. The lowest BCUT2D eigenvalue weighted by Gasteiger charge is -2.17. The molecule has 4 rings (SSSR count). The average Bonchev–Trinajstić information content (AvgIpc) is 3.16. The Bertz CT molecular complexity index is 1180.